The number of aryl methyl sites for hydroxylation is 1. The second kappa shape index (κ2) is 8.33. The average molecular weight is 416 g/mol. The summed E-state index contributed by atoms with van der Waals surface area (Å²) in [6.45, 7) is 2.62. The number of anilines is 1. The Morgan fingerprint density at radius 1 is 1.27 bits per heavy atom. The van der Waals surface area contributed by atoms with Crippen LogP contribution < -0.4 is 5.32 Å². The fourth-order valence-electron chi connectivity index (χ4n) is 3.74. The first-order valence-electron chi connectivity index (χ1n) is 9.83. The largest absolute Gasteiger partial charge is 0.363 e. The van der Waals surface area contributed by atoms with Gasteiger partial charge in [0.05, 0.1) is 12.2 Å². The second-order valence-corrected chi connectivity index (χ2v) is 7.53. The summed E-state index contributed by atoms with van der Waals surface area (Å²) in [7, 11) is 1.91. The number of hydrogen-bond donors (Lipinski definition) is 1. The third-order valence-corrected chi connectivity index (χ3v) is 5.27. The molecule has 6 nitrogen and oxygen atoms in total. The van der Waals surface area contributed by atoms with Gasteiger partial charge in [-0.3, -0.25) is 5.01 Å². The maximum absolute atomic E-state index is 13.8. The number of nitrogens with one attached hydrogen (secondary N) is 1. The van der Waals surface area contributed by atoms with Gasteiger partial charge >= 0.3 is 0 Å². The Kier molecular flexibility index (Phi) is 5.61. The maximum Gasteiger partial charge on any atom is 0.239 e. The average Bonchev–Trinajstić information content (AvgIpc) is 3.32. The van der Waals surface area contributed by atoms with Crippen LogP contribution in [0, 0.1) is 5.82 Å². The van der Waals surface area contributed by atoms with Gasteiger partial charge in [-0.1, -0.05) is 6.07 Å². The number of nitrogens with zero attached hydrogens (tertiary/aromatic N) is 5. The van der Waals surface area contributed by atoms with Crippen LogP contribution >= 0.6 is 0 Å². The molecule has 3 aromatic rings. The van der Waals surface area contributed by atoms with Crippen molar-refractivity contribution in [1.29, 1.82) is 0 Å². The van der Waals surface area contributed by atoms with E-state index < -0.39 is 12.2 Å². The van der Waals surface area contributed by atoms with Crippen molar-refractivity contribution >= 4 is 17.7 Å². The Morgan fingerprint density at radius 3 is 2.83 bits per heavy atom. The van der Waals surface area contributed by atoms with Gasteiger partial charge in [0, 0.05) is 43.9 Å². The van der Waals surface area contributed by atoms with Gasteiger partial charge in [-0.05, 0) is 42.7 Å². The molecule has 0 fully saturated rings. The van der Waals surface area contributed by atoms with Gasteiger partial charge in [0.1, 0.15) is 11.6 Å². The van der Waals surface area contributed by atoms with E-state index in [9.17, 15) is 13.2 Å². The van der Waals surface area contributed by atoms with Crippen LogP contribution in [0.4, 0.5) is 19.0 Å². The van der Waals surface area contributed by atoms with Gasteiger partial charge in [0.25, 0.3) is 0 Å². The zero-order valence-electron chi connectivity index (χ0n) is 16.8. The Labute approximate surface area is 172 Å². The van der Waals surface area contributed by atoms with Crippen LogP contribution in [-0.2, 0) is 6.42 Å². The standard InChI is InChI=1S/C21H23F3N6/c1-13(17-9-16(22)5-3-14(17)4-6-19(23)24)27-20-7-8-30-21(28-20)18(11-26-30)15-10-25-29(2)12-15/h3,5,7-11,13,15,19H,4,6,12H2,1-2H3,(H,27,28). The van der Waals surface area contributed by atoms with Crippen LogP contribution in [0.15, 0.2) is 41.8 Å². The molecule has 2 atom stereocenters. The Bertz CT molecular complexity index is 1060. The number of halogens is 3. The number of hydrazone groups is 1. The lowest BCUT2D eigenvalue weighted by Crippen LogP contribution is -2.13. The summed E-state index contributed by atoms with van der Waals surface area (Å²) in [6.07, 6.45) is 3.01. The fraction of sp³-hybridized carbons (Fsp3) is 0.381. The Hall–Kier alpha value is -3.10. The minimum absolute atomic E-state index is 0.108. The van der Waals surface area contributed by atoms with Crippen molar-refractivity contribution in [2.45, 2.75) is 38.2 Å². The third kappa shape index (κ3) is 4.24. The van der Waals surface area contributed by atoms with Gasteiger partial charge < -0.3 is 5.32 Å². The lowest BCUT2D eigenvalue weighted by Gasteiger charge is -2.19. The number of rotatable bonds is 7. The molecule has 3 heterocycles. The van der Waals surface area contributed by atoms with E-state index >= 15 is 0 Å². The van der Waals surface area contributed by atoms with Crippen LogP contribution in [0.25, 0.3) is 5.65 Å². The molecular weight excluding hydrogens is 393 g/mol. The zero-order valence-corrected chi connectivity index (χ0v) is 16.8. The van der Waals surface area contributed by atoms with Crippen LogP contribution in [0.2, 0.25) is 0 Å². The van der Waals surface area contributed by atoms with Crippen molar-refractivity contribution in [1.82, 2.24) is 19.6 Å². The molecule has 0 bridgehead atoms. The molecule has 30 heavy (non-hydrogen) atoms. The summed E-state index contributed by atoms with van der Waals surface area (Å²) in [5.41, 5.74) is 3.04. The number of hydrogen-bond acceptors (Lipinski definition) is 5. The highest BCUT2D eigenvalue weighted by Gasteiger charge is 2.22. The summed E-state index contributed by atoms with van der Waals surface area (Å²) in [6, 6.07) is 5.75. The minimum Gasteiger partial charge on any atom is -0.363 e. The molecule has 0 saturated heterocycles. The van der Waals surface area contributed by atoms with E-state index in [0.29, 0.717) is 16.9 Å². The molecule has 158 valence electrons. The molecule has 0 saturated carbocycles. The minimum atomic E-state index is -2.39. The molecule has 4 rings (SSSR count). The molecule has 1 aliphatic rings. The van der Waals surface area contributed by atoms with E-state index in [1.807, 2.05) is 25.2 Å². The first kappa shape index (κ1) is 20.2. The van der Waals surface area contributed by atoms with Gasteiger partial charge in [-0.2, -0.15) is 10.2 Å². The van der Waals surface area contributed by atoms with Crippen LogP contribution in [-0.4, -0.2) is 45.8 Å². The number of alkyl halides is 2. The van der Waals surface area contributed by atoms with Gasteiger partial charge in [-0.25, -0.2) is 22.7 Å². The van der Waals surface area contributed by atoms with E-state index in [0.717, 1.165) is 17.8 Å². The molecule has 0 aliphatic carbocycles. The SMILES string of the molecule is CC(Nc1ccn2ncc(C3C=NN(C)C3)c2n1)c1cc(F)ccc1CCC(F)F. The predicted molar refractivity (Wildman–Crippen MR) is 110 cm³/mol. The highest BCUT2D eigenvalue weighted by molar-refractivity contribution is 5.73. The summed E-state index contributed by atoms with van der Waals surface area (Å²) < 4.78 is 40.9. The van der Waals surface area contributed by atoms with Crippen LogP contribution in [0.1, 0.15) is 42.0 Å². The number of aromatic nitrogens is 3. The third-order valence-electron chi connectivity index (χ3n) is 5.27. The van der Waals surface area contributed by atoms with Crippen molar-refractivity contribution in [3.8, 4) is 0 Å². The summed E-state index contributed by atoms with van der Waals surface area (Å²) in [5, 5.41) is 13.8. The first-order chi connectivity index (χ1) is 14.4. The quantitative estimate of drug-likeness (QED) is 0.626. The van der Waals surface area contributed by atoms with Crippen LogP contribution in [0.5, 0.6) is 0 Å². The van der Waals surface area contributed by atoms with Gasteiger partial charge in [-0.15, -0.1) is 0 Å². The second-order valence-electron chi connectivity index (χ2n) is 7.53. The Balaban J connectivity index is 1.58. The molecule has 9 heteroatoms. The molecule has 0 radical (unpaired) electrons. The van der Waals surface area contributed by atoms with E-state index in [1.165, 1.54) is 12.1 Å². The Morgan fingerprint density at radius 2 is 2.10 bits per heavy atom. The number of benzene rings is 1. The lowest BCUT2D eigenvalue weighted by atomic mass is 9.97. The van der Waals surface area contributed by atoms with Crippen molar-refractivity contribution < 1.29 is 13.2 Å². The van der Waals surface area contributed by atoms with E-state index in [4.69, 9.17) is 4.98 Å². The zero-order chi connectivity index (χ0) is 21.3. The summed E-state index contributed by atoms with van der Waals surface area (Å²) >= 11 is 0. The van der Waals surface area contributed by atoms with E-state index in [2.05, 4.69) is 15.5 Å². The van der Waals surface area contributed by atoms with Crippen molar-refractivity contribution in [2.24, 2.45) is 5.10 Å². The van der Waals surface area contributed by atoms with Crippen LogP contribution in [0.3, 0.4) is 0 Å². The lowest BCUT2D eigenvalue weighted by molar-refractivity contribution is 0.138. The molecule has 1 N–H and O–H groups in total. The summed E-state index contributed by atoms with van der Waals surface area (Å²) in [4.78, 5) is 4.69. The molecule has 0 amide bonds. The number of likely N-dealkylation sites (N-methyl/N-ethyl adjacent to an activating group) is 1. The van der Waals surface area contributed by atoms with E-state index in [-0.39, 0.29) is 24.8 Å². The smallest absolute Gasteiger partial charge is 0.239 e. The number of fused-ring (bicyclic) bond motifs is 1. The van der Waals surface area contributed by atoms with Crippen molar-refractivity contribution in [2.75, 3.05) is 18.9 Å². The predicted octanol–water partition coefficient (Wildman–Crippen LogP) is 4.25. The maximum atomic E-state index is 13.8. The molecule has 2 unspecified atom stereocenters. The molecule has 0 spiro atoms. The molecule has 1 aliphatic heterocycles. The van der Waals surface area contributed by atoms with Gasteiger partial charge in [0.2, 0.25) is 6.43 Å². The highest BCUT2D eigenvalue weighted by Crippen LogP contribution is 2.27. The molecular formula is C21H23F3N6. The van der Waals surface area contributed by atoms with Crippen molar-refractivity contribution in [3.05, 3.63) is 59.2 Å². The highest BCUT2D eigenvalue weighted by atomic mass is 19.3. The van der Waals surface area contributed by atoms with Crippen molar-refractivity contribution in [3.63, 3.8) is 0 Å². The normalized spacial score (nSPS) is 17.3. The monoisotopic (exact) mass is 416 g/mol. The van der Waals surface area contributed by atoms with E-state index in [1.54, 1.807) is 29.0 Å². The fourth-order valence-corrected chi connectivity index (χ4v) is 3.74. The first-order valence-corrected chi connectivity index (χ1v) is 9.83. The summed E-state index contributed by atoms with van der Waals surface area (Å²) in [5.74, 6) is 0.312. The molecule has 2 aromatic heterocycles. The van der Waals surface area contributed by atoms with Gasteiger partial charge in [0.15, 0.2) is 5.65 Å². The molecule has 1 aromatic carbocycles. The topological polar surface area (TPSA) is 57.8 Å².